The van der Waals surface area contributed by atoms with Crippen LogP contribution < -0.4 is 16.0 Å². The number of carbonyl (C=O) groups is 2. The predicted molar refractivity (Wildman–Crippen MR) is 84.4 cm³/mol. The van der Waals surface area contributed by atoms with Crippen molar-refractivity contribution in [2.45, 2.75) is 44.2 Å². The second-order valence-electron chi connectivity index (χ2n) is 5.23. The van der Waals surface area contributed by atoms with Crippen molar-refractivity contribution < 1.29 is 9.59 Å². The van der Waals surface area contributed by atoms with Crippen LogP contribution in [0.1, 0.15) is 32.1 Å². The summed E-state index contributed by atoms with van der Waals surface area (Å²) >= 11 is 1.89. The van der Waals surface area contributed by atoms with Gasteiger partial charge in [-0.2, -0.15) is 11.8 Å². The predicted octanol–water partition coefficient (Wildman–Crippen LogP) is 0.678. The quantitative estimate of drug-likeness (QED) is 0.603. The summed E-state index contributed by atoms with van der Waals surface area (Å²) in [5.74, 6) is 2.34. The molecule has 1 aliphatic carbocycles. The highest BCUT2D eigenvalue weighted by atomic mass is 35.5. The van der Waals surface area contributed by atoms with E-state index in [4.69, 9.17) is 0 Å². The third kappa shape index (κ3) is 7.36. The Kier molecular flexibility index (Phi) is 8.33. The number of thioether (sulfide) groups is 1. The van der Waals surface area contributed by atoms with Gasteiger partial charge in [0, 0.05) is 49.5 Å². The second kappa shape index (κ2) is 9.47. The van der Waals surface area contributed by atoms with Crippen molar-refractivity contribution in [1.82, 2.24) is 16.0 Å². The van der Waals surface area contributed by atoms with Gasteiger partial charge < -0.3 is 16.0 Å². The molecule has 3 N–H and O–H groups in total. The number of amides is 2. The Morgan fingerprint density at radius 2 is 2.05 bits per heavy atom. The molecule has 0 aromatic heterocycles. The Morgan fingerprint density at radius 1 is 1.25 bits per heavy atom. The number of carbonyl (C=O) groups excluding carboxylic acids is 2. The van der Waals surface area contributed by atoms with Crippen LogP contribution in [0.15, 0.2) is 0 Å². The third-order valence-electron chi connectivity index (χ3n) is 3.28. The number of halogens is 1. The number of nitrogens with one attached hydrogen (secondary N) is 3. The topological polar surface area (TPSA) is 70.2 Å². The summed E-state index contributed by atoms with van der Waals surface area (Å²) in [6.45, 7) is 1.58. The molecule has 1 atom stereocenters. The average Bonchev–Trinajstić information content (AvgIpc) is 3.20. The molecule has 1 saturated heterocycles. The van der Waals surface area contributed by atoms with Crippen LogP contribution in [-0.4, -0.2) is 48.5 Å². The molecule has 1 saturated carbocycles. The lowest BCUT2D eigenvalue weighted by molar-refractivity contribution is -0.123. The fraction of sp³-hybridized carbons (Fsp3) is 0.846. The van der Waals surface area contributed by atoms with E-state index in [0.717, 1.165) is 37.3 Å². The van der Waals surface area contributed by atoms with Crippen LogP contribution in [0.25, 0.3) is 0 Å². The largest absolute Gasteiger partial charge is 0.356 e. The third-order valence-corrected chi connectivity index (χ3v) is 4.41. The van der Waals surface area contributed by atoms with Crippen molar-refractivity contribution in [3.8, 4) is 0 Å². The molecule has 2 fully saturated rings. The maximum Gasteiger partial charge on any atom is 0.221 e. The van der Waals surface area contributed by atoms with Crippen LogP contribution in [0.2, 0.25) is 0 Å². The molecule has 0 spiro atoms. The minimum atomic E-state index is 0. The zero-order chi connectivity index (χ0) is 13.5. The van der Waals surface area contributed by atoms with Gasteiger partial charge in [-0.3, -0.25) is 9.59 Å². The van der Waals surface area contributed by atoms with Crippen LogP contribution in [0, 0.1) is 0 Å². The van der Waals surface area contributed by atoms with E-state index in [2.05, 4.69) is 16.0 Å². The van der Waals surface area contributed by atoms with Gasteiger partial charge in [0.25, 0.3) is 0 Å². The lowest BCUT2D eigenvalue weighted by Crippen LogP contribution is -2.41. The normalized spacial score (nSPS) is 21.7. The Balaban J connectivity index is 0.00000200. The van der Waals surface area contributed by atoms with E-state index in [-0.39, 0.29) is 24.2 Å². The minimum absolute atomic E-state index is 0. The molecule has 20 heavy (non-hydrogen) atoms. The van der Waals surface area contributed by atoms with E-state index in [0.29, 0.717) is 31.5 Å². The highest BCUT2D eigenvalue weighted by molar-refractivity contribution is 7.99. The second-order valence-corrected chi connectivity index (χ2v) is 6.38. The van der Waals surface area contributed by atoms with Gasteiger partial charge in [-0.25, -0.2) is 0 Å². The summed E-state index contributed by atoms with van der Waals surface area (Å²) in [6, 6.07) is 0.730. The molecular weight excluding hydrogens is 298 g/mol. The van der Waals surface area contributed by atoms with Gasteiger partial charge in [0.2, 0.25) is 11.8 Å². The van der Waals surface area contributed by atoms with Crippen LogP contribution in [0.3, 0.4) is 0 Å². The summed E-state index contributed by atoms with van der Waals surface area (Å²) < 4.78 is 0. The van der Waals surface area contributed by atoms with Crippen LogP contribution >= 0.6 is 24.2 Å². The molecule has 1 aliphatic heterocycles. The molecule has 0 bridgehead atoms. The van der Waals surface area contributed by atoms with Gasteiger partial charge in [-0.15, -0.1) is 12.4 Å². The lowest BCUT2D eigenvalue weighted by atomic mass is 10.2. The molecule has 1 unspecified atom stereocenters. The lowest BCUT2D eigenvalue weighted by Gasteiger charge is -2.22. The van der Waals surface area contributed by atoms with Crippen molar-refractivity contribution in [2.75, 3.05) is 24.6 Å². The maximum absolute atomic E-state index is 11.7. The first-order valence-electron chi connectivity index (χ1n) is 7.11. The highest BCUT2D eigenvalue weighted by Gasteiger charge is 2.22. The van der Waals surface area contributed by atoms with E-state index >= 15 is 0 Å². The van der Waals surface area contributed by atoms with Crippen LogP contribution in [-0.2, 0) is 9.59 Å². The minimum Gasteiger partial charge on any atom is -0.356 e. The van der Waals surface area contributed by atoms with Gasteiger partial charge >= 0.3 is 0 Å². The first kappa shape index (κ1) is 17.6. The molecule has 5 nitrogen and oxygen atoms in total. The van der Waals surface area contributed by atoms with Gasteiger partial charge in [0.05, 0.1) is 0 Å². The fourth-order valence-corrected chi connectivity index (χ4v) is 3.00. The smallest absolute Gasteiger partial charge is 0.221 e. The SMILES string of the molecule is Cl.O=C(CC1CSCCN1)NCCCC(=O)NC1CC1. The zero-order valence-corrected chi connectivity index (χ0v) is 13.3. The monoisotopic (exact) mass is 321 g/mol. The Bertz CT molecular complexity index is 321. The van der Waals surface area contributed by atoms with Crippen molar-refractivity contribution in [3.63, 3.8) is 0 Å². The van der Waals surface area contributed by atoms with Crippen molar-refractivity contribution in [3.05, 3.63) is 0 Å². The number of hydrogen-bond acceptors (Lipinski definition) is 4. The number of rotatable bonds is 7. The summed E-state index contributed by atoms with van der Waals surface area (Å²) in [7, 11) is 0. The standard InChI is InChI=1S/C13H23N3O2S.ClH/c17-12(16-10-3-4-10)2-1-5-15-13(18)8-11-9-19-7-6-14-11;/h10-11,14H,1-9H2,(H,15,18)(H,16,17);1H. The molecule has 7 heteroatoms. The first-order valence-corrected chi connectivity index (χ1v) is 8.26. The van der Waals surface area contributed by atoms with Gasteiger partial charge in [0.15, 0.2) is 0 Å². The van der Waals surface area contributed by atoms with E-state index in [1.54, 1.807) is 0 Å². The Morgan fingerprint density at radius 3 is 2.70 bits per heavy atom. The van der Waals surface area contributed by atoms with Gasteiger partial charge in [-0.1, -0.05) is 0 Å². The molecule has 0 radical (unpaired) electrons. The van der Waals surface area contributed by atoms with E-state index in [9.17, 15) is 9.59 Å². The Hall–Kier alpha value is -0.460. The van der Waals surface area contributed by atoms with Gasteiger partial charge in [-0.05, 0) is 19.3 Å². The van der Waals surface area contributed by atoms with Crippen molar-refractivity contribution in [2.24, 2.45) is 0 Å². The molecule has 0 aromatic carbocycles. The van der Waals surface area contributed by atoms with Crippen LogP contribution in [0.5, 0.6) is 0 Å². The number of hydrogen-bond donors (Lipinski definition) is 3. The molecule has 116 valence electrons. The Labute approximate surface area is 130 Å². The average molecular weight is 322 g/mol. The van der Waals surface area contributed by atoms with Crippen molar-refractivity contribution >= 4 is 36.0 Å². The molecule has 2 amide bonds. The zero-order valence-electron chi connectivity index (χ0n) is 11.7. The maximum atomic E-state index is 11.7. The highest BCUT2D eigenvalue weighted by Crippen LogP contribution is 2.18. The molecule has 2 aliphatic rings. The van der Waals surface area contributed by atoms with E-state index in [1.165, 1.54) is 0 Å². The molecular formula is C13H24ClN3O2S. The van der Waals surface area contributed by atoms with Crippen LogP contribution in [0.4, 0.5) is 0 Å². The summed E-state index contributed by atoms with van der Waals surface area (Å²) in [6.07, 6.45) is 4.01. The van der Waals surface area contributed by atoms with Gasteiger partial charge in [0.1, 0.15) is 0 Å². The van der Waals surface area contributed by atoms with E-state index < -0.39 is 0 Å². The van der Waals surface area contributed by atoms with Crippen molar-refractivity contribution in [1.29, 1.82) is 0 Å². The summed E-state index contributed by atoms with van der Waals surface area (Å²) in [5.41, 5.74) is 0. The molecule has 0 aromatic rings. The fourth-order valence-electron chi connectivity index (χ4n) is 2.05. The first-order chi connectivity index (χ1) is 9.24. The molecule has 2 rings (SSSR count). The molecule has 1 heterocycles. The summed E-state index contributed by atoms with van der Waals surface area (Å²) in [4.78, 5) is 23.1. The van der Waals surface area contributed by atoms with E-state index in [1.807, 2.05) is 11.8 Å². The summed E-state index contributed by atoms with van der Waals surface area (Å²) in [5, 5.41) is 9.17.